The molecule has 0 unspecified atom stereocenters. The summed E-state index contributed by atoms with van der Waals surface area (Å²) in [6.07, 6.45) is 0. The fraction of sp³-hybridized carbons (Fsp3) is 0. The maximum absolute atomic E-state index is 8.67. The minimum atomic E-state index is -3.69. The van der Waals surface area contributed by atoms with Crippen LogP contribution in [0.25, 0.3) is 0 Å². The molecule has 0 aliphatic rings. The molecule has 0 atom stereocenters. The summed E-state index contributed by atoms with van der Waals surface area (Å²) in [7, 11) is 0. The molecule has 3 nitrogen and oxygen atoms in total. The molecule has 0 amide bonds. The monoisotopic (exact) mass is 155 g/mol. The zero-order chi connectivity index (χ0) is 3.58. The van der Waals surface area contributed by atoms with Crippen LogP contribution in [0.1, 0.15) is 0 Å². The zero-order valence-corrected chi connectivity index (χ0v) is 4.67. The van der Waals surface area contributed by atoms with Crippen molar-refractivity contribution in [2.24, 2.45) is 0 Å². The van der Waals surface area contributed by atoms with Crippen LogP contribution in [0.15, 0.2) is 0 Å². The molecule has 0 aliphatic carbocycles. The van der Waals surface area contributed by atoms with Crippen molar-refractivity contribution in [1.29, 1.82) is 0 Å². The van der Waals surface area contributed by atoms with Crippen molar-refractivity contribution in [3.8, 4) is 0 Å². The van der Waals surface area contributed by atoms with Crippen LogP contribution >= 0.6 is 0 Å². The van der Waals surface area contributed by atoms with E-state index in [0.29, 0.717) is 0 Å². The first kappa shape index (κ1) is 9.18. The fourth-order valence-corrected chi connectivity index (χ4v) is 0. The Morgan fingerprint density at radius 2 is 1.40 bits per heavy atom. The van der Waals surface area contributed by atoms with Crippen LogP contribution in [-0.2, 0) is 39.8 Å². The van der Waals surface area contributed by atoms with Gasteiger partial charge in [0.05, 0.1) is 0 Å². The third-order valence-electron chi connectivity index (χ3n) is 0. The average molecular weight is 155 g/mol. The van der Waals surface area contributed by atoms with E-state index in [1.165, 1.54) is 0 Å². The van der Waals surface area contributed by atoms with Gasteiger partial charge in [0.1, 0.15) is 0 Å². The van der Waals surface area contributed by atoms with Crippen LogP contribution in [0.2, 0.25) is 0 Å². The van der Waals surface area contributed by atoms with Crippen molar-refractivity contribution in [3.05, 3.63) is 0 Å². The van der Waals surface area contributed by atoms with Crippen LogP contribution in [0.3, 0.4) is 0 Å². The normalized spacial score (nSPS) is 5.00. The Morgan fingerprint density at radius 3 is 1.40 bits per heavy atom. The van der Waals surface area contributed by atoms with Crippen molar-refractivity contribution >= 4 is 0 Å². The van der Waals surface area contributed by atoms with Gasteiger partial charge in [-0.15, -0.1) is 0 Å². The quantitative estimate of drug-likeness (QED) is 0.466. The van der Waals surface area contributed by atoms with Crippen LogP contribution in [-0.4, -0.2) is 4.03 Å². The van der Waals surface area contributed by atoms with E-state index in [-0.39, 0.29) is 17.1 Å². The predicted octanol–water partition coefficient (Wildman–Crippen LogP) is -0.800. The molecular weight excluding hydrogens is 154 g/mol. The molecule has 0 heterocycles. The third-order valence-corrected chi connectivity index (χ3v) is 0. The van der Waals surface area contributed by atoms with Gasteiger partial charge in [0.25, 0.3) is 0 Å². The summed E-state index contributed by atoms with van der Waals surface area (Å²) in [4.78, 5) is 0. The first-order valence-corrected chi connectivity index (χ1v) is 2.33. The topological polar surface area (TPSA) is 54.4 Å². The van der Waals surface area contributed by atoms with Gasteiger partial charge in [0.15, 0.2) is 0 Å². The molecular formula is HMnO3V. The van der Waals surface area contributed by atoms with Crippen LogP contribution in [0.5, 0.6) is 0 Å². The molecule has 5 heteroatoms. The van der Waals surface area contributed by atoms with Crippen molar-refractivity contribution in [2.45, 2.75) is 0 Å². The van der Waals surface area contributed by atoms with E-state index >= 15 is 0 Å². The maximum atomic E-state index is 8.67. The molecule has 0 aromatic rings. The summed E-state index contributed by atoms with van der Waals surface area (Å²) in [6, 6.07) is 0. The Kier molecular flexibility index (Phi) is 8.56. The zero-order valence-electron chi connectivity index (χ0n) is 2.09. The summed E-state index contributed by atoms with van der Waals surface area (Å²) in [5.74, 6) is 0. The second-order valence-corrected chi connectivity index (χ2v) is 0.981. The van der Waals surface area contributed by atoms with E-state index < -0.39 is 15.4 Å². The minimum absolute atomic E-state index is 0. The predicted molar refractivity (Wildman–Crippen MR) is 3.59 cm³/mol. The number of rotatable bonds is 0. The van der Waals surface area contributed by atoms with Gasteiger partial charge in [0.2, 0.25) is 0 Å². The Balaban J connectivity index is 0. The van der Waals surface area contributed by atoms with E-state index in [2.05, 4.69) is 0 Å². The molecule has 0 aliphatic heterocycles. The van der Waals surface area contributed by atoms with Crippen LogP contribution in [0, 0.1) is 0 Å². The molecule has 31 valence electrons. The Bertz CT molecular complexity index is 55.3. The van der Waals surface area contributed by atoms with Crippen molar-refractivity contribution in [1.82, 2.24) is 0 Å². The molecule has 0 saturated carbocycles. The molecule has 0 spiro atoms. The van der Waals surface area contributed by atoms with Gasteiger partial charge in [0, 0.05) is 17.1 Å². The van der Waals surface area contributed by atoms with Crippen LogP contribution in [0.4, 0.5) is 0 Å². The van der Waals surface area contributed by atoms with E-state index in [0.717, 1.165) is 0 Å². The summed E-state index contributed by atoms with van der Waals surface area (Å²) in [5, 5.41) is 0. The van der Waals surface area contributed by atoms with Gasteiger partial charge in [-0.25, -0.2) is 0 Å². The van der Waals surface area contributed by atoms with Crippen LogP contribution < -0.4 is 0 Å². The molecule has 1 radical (unpaired) electrons. The van der Waals surface area contributed by atoms with E-state index in [1.54, 1.807) is 0 Å². The van der Waals surface area contributed by atoms with Crippen molar-refractivity contribution < 1.29 is 43.8 Å². The number of hydrogen-bond acceptors (Lipinski definition) is 2. The first-order chi connectivity index (χ1) is 1.73. The molecule has 0 aromatic heterocycles. The summed E-state index contributed by atoms with van der Waals surface area (Å²) in [6.45, 7) is 0. The van der Waals surface area contributed by atoms with Gasteiger partial charge in [-0.2, -0.15) is 0 Å². The second-order valence-electron chi connectivity index (χ2n) is 0.238. The van der Waals surface area contributed by atoms with E-state index in [9.17, 15) is 0 Å². The van der Waals surface area contributed by atoms with Crippen molar-refractivity contribution in [2.75, 3.05) is 0 Å². The second kappa shape index (κ2) is 4.66. The summed E-state index contributed by atoms with van der Waals surface area (Å²) in [5.41, 5.74) is 0. The molecule has 0 aromatic carbocycles. The summed E-state index contributed by atoms with van der Waals surface area (Å²) >= 11 is -3.69. The summed E-state index contributed by atoms with van der Waals surface area (Å²) < 4.78 is 24.4. The standard InChI is InChI=1S/Mn.H2O.2O.V/h;1H2;;;/q;;;;+1/p-1. The Hall–Kier alpha value is 0.664. The molecule has 0 rings (SSSR count). The average Bonchev–Trinajstić information content (AvgIpc) is 0.811. The molecule has 5 heavy (non-hydrogen) atoms. The first-order valence-electron chi connectivity index (χ1n) is 0.565. The van der Waals surface area contributed by atoms with Gasteiger partial charge in [-0.1, -0.05) is 0 Å². The molecule has 0 saturated heterocycles. The van der Waals surface area contributed by atoms with Gasteiger partial charge in [-0.05, 0) is 0 Å². The van der Waals surface area contributed by atoms with Gasteiger partial charge >= 0.3 is 26.8 Å². The van der Waals surface area contributed by atoms with E-state index in [1.807, 2.05) is 0 Å². The fourth-order valence-electron chi connectivity index (χ4n) is 0. The van der Waals surface area contributed by atoms with Gasteiger partial charge in [-0.3, -0.25) is 0 Å². The van der Waals surface area contributed by atoms with Crippen molar-refractivity contribution in [3.63, 3.8) is 0 Å². The molecule has 0 fully saturated rings. The number of hydrogen-bond donors (Lipinski definition) is 1. The Morgan fingerprint density at radius 1 is 1.40 bits per heavy atom. The SMILES string of the molecule is [Mn].[O]=[V](=[O])[OH]. The third kappa shape index (κ3) is 75.1. The molecule has 0 bridgehead atoms. The van der Waals surface area contributed by atoms with Gasteiger partial charge < -0.3 is 0 Å². The Labute approximate surface area is 44.2 Å². The van der Waals surface area contributed by atoms with E-state index in [4.69, 9.17) is 11.4 Å². The molecule has 1 N–H and O–H groups in total.